The molecule has 6 atom stereocenters. The molecule has 33 heavy (non-hydrogen) atoms. The Bertz CT molecular complexity index is 1180. The van der Waals surface area contributed by atoms with Gasteiger partial charge in [0.25, 0.3) is 0 Å². The molecule has 0 saturated carbocycles. The van der Waals surface area contributed by atoms with Crippen LogP contribution in [0.15, 0.2) is 12.7 Å². The number of nitrogens with two attached hydrogens (primary N) is 1. The van der Waals surface area contributed by atoms with Crippen LogP contribution in [0.2, 0.25) is 0 Å². The molecule has 3 rings (SSSR count). The van der Waals surface area contributed by atoms with E-state index in [0.29, 0.717) is 0 Å². The van der Waals surface area contributed by atoms with Gasteiger partial charge >= 0.3 is 23.5 Å². The van der Waals surface area contributed by atoms with E-state index in [-0.39, 0.29) is 17.0 Å². The number of phosphoric acid groups is 3. The molecule has 1 saturated heterocycles. The van der Waals surface area contributed by atoms with Crippen molar-refractivity contribution in [2.45, 2.75) is 24.1 Å². The molecule has 1 aliphatic rings. The van der Waals surface area contributed by atoms with Gasteiger partial charge in [-0.05, 0) is 0 Å². The molecule has 0 radical (unpaired) electrons. The van der Waals surface area contributed by atoms with Crippen molar-refractivity contribution in [1.29, 1.82) is 0 Å². The minimum Gasteiger partial charge on any atom is -0.387 e. The first kappa shape index (κ1) is 26.2. The molecule has 0 spiro atoms. The van der Waals surface area contributed by atoms with E-state index in [9.17, 15) is 32.5 Å². The summed E-state index contributed by atoms with van der Waals surface area (Å²) in [5, 5.41) is 10.2. The van der Waals surface area contributed by atoms with Crippen LogP contribution in [0.4, 0.5) is 14.6 Å². The molecule has 0 bridgehead atoms. The number of imidazole rings is 1. The fraction of sp³-hybridized carbons (Fsp3) is 0.545. The number of phosphoric ester groups is 1. The van der Waals surface area contributed by atoms with Crippen LogP contribution in [0.1, 0.15) is 6.23 Å². The Balaban J connectivity index is 1.80. The Hall–Kier alpha value is -1.46. The lowest BCUT2D eigenvalue weighted by atomic mass is 9.98. The third-order valence-electron chi connectivity index (χ3n) is 4.24. The fourth-order valence-corrected chi connectivity index (χ4v) is 5.93. The quantitative estimate of drug-likeness (QED) is 0.222. The van der Waals surface area contributed by atoms with Crippen molar-refractivity contribution in [3.8, 4) is 0 Å². The van der Waals surface area contributed by atoms with E-state index in [2.05, 4.69) is 28.1 Å². The molecule has 22 heteroatoms. The molecule has 1 fully saturated rings. The number of fused-ring (bicyclic) bond motifs is 1. The number of nitrogens with zero attached hydrogens (tertiary/aromatic N) is 4. The standard InChI is InChI=1S/C11H16F2N5O12P3/c12-1-11(2-27-32(23,24)30-33(25,26)29-31(20,21)22)7(19)5(13)10(28-11)18-4-17-6-8(14)15-3-16-9(6)18/h3-5,7,10,19H,1-2H2,(H,23,24)(H,25,26)(H2,14,15,16)(H2,20,21,22)/t5-,7+,10?,11-/m1/s1. The molecule has 17 nitrogen and oxygen atoms in total. The van der Waals surface area contributed by atoms with Crippen molar-refractivity contribution in [3.05, 3.63) is 12.7 Å². The van der Waals surface area contributed by atoms with Gasteiger partial charge in [0, 0.05) is 0 Å². The SMILES string of the molecule is Nc1ncnc2c1ncn2C1O[C@](CF)(COP(=O)(O)OP(=O)(O)OP(=O)(O)O)[C@@H](O)[C@H]1F. The lowest BCUT2D eigenvalue weighted by molar-refractivity contribution is -0.134. The third kappa shape index (κ3) is 5.62. The monoisotopic (exact) mass is 541 g/mol. The van der Waals surface area contributed by atoms with Crippen molar-refractivity contribution in [2.24, 2.45) is 0 Å². The predicted molar refractivity (Wildman–Crippen MR) is 99.3 cm³/mol. The highest BCUT2D eigenvalue weighted by Gasteiger charge is 2.58. The number of nitrogen functional groups attached to an aromatic ring is 1. The van der Waals surface area contributed by atoms with Crippen LogP contribution in [0.25, 0.3) is 11.2 Å². The van der Waals surface area contributed by atoms with Gasteiger partial charge < -0.3 is 35.2 Å². The van der Waals surface area contributed by atoms with Crippen LogP contribution >= 0.6 is 23.5 Å². The first-order valence-electron chi connectivity index (χ1n) is 8.37. The van der Waals surface area contributed by atoms with Gasteiger partial charge in [0.2, 0.25) is 0 Å². The Morgan fingerprint density at radius 3 is 2.42 bits per heavy atom. The largest absolute Gasteiger partial charge is 0.490 e. The summed E-state index contributed by atoms with van der Waals surface area (Å²) in [7, 11) is -17.2. The number of rotatable bonds is 9. The number of aliphatic hydroxyl groups is 1. The van der Waals surface area contributed by atoms with Gasteiger partial charge in [-0.15, -0.1) is 0 Å². The number of aliphatic hydroxyl groups excluding tert-OH is 1. The minimum absolute atomic E-state index is 0.0359. The molecule has 0 aliphatic carbocycles. The molecule has 0 amide bonds. The normalized spacial score (nSPS) is 29.7. The highest BCUT2D eigenvalue weighted by molar-refractivity contribution is 7.66. The number of anilines is 1. The predicted octanol–water partition coefficient (Wildman–Crippen LogP) is -0.312. The molecular weight excluding hydrogens is 525 g/mol. The van der Waals surface area contributed by atoms with E-state index in [0.717, 1.165) is 17.2 Å². The van der Waals surface area contributed by atoms with Crippen LogP contribution in [-0.2, 0) is 31.6 Å². The summed E-state index contributed by atoms with van der Waals surface area (Å²) < 4.78 is 80.2. The Labute approximate surface area is 181 Å². The highest BCUT2D eigenvalue weighted by Crippen LogP contribution is 2.66. The van der Waals surface area contributed by atoms with E-state index >= 15 is 0 Å². The van der Waals surface area contributed by atoms with Crippen molar-refractivity contribution in [2.75, 3.05) is 19.0 Å². The summed E-state index contributed by atoms with van der Waals surface area (Å²) in [6.07, 6.45) is -4.42. The van der Waals surface area contributed by atoms with Crippen molar-refractivity contribution in [1.82, 2.24) is 19.5 Å². The van der Waals surface area contributed by atoms with Gasteiger partial charge in [-0.3, -0.25) is 9.09 Å². The average Bonchev–Trinajstić information content (AvgIpc) is 3.19. The molecule has 3 unspecified atom stereocenters. The Morgan fingerprint density at radius 2 is 1.82 bits per heavy atom. The Kier molecular flexibility index (Phi) is 7.10. The number of ether oxygens (including phenoxy) is 1. The maximum atomic E-state index is 14.9. The molecule has 7 N–H and O–H groups in total. The van der Waals surface area contributed by atoms with E-state index < -0.39 is 60.9 Å². The first-order valence-corrected chi connectivity index (χ1v) is 12.9. The molecular formula is C11H16F2N5O12P3. The number of alkyl halides is 2. The fourth-order valence-electron chi connectivity index (χ4n) is 2.85. The average molecular weight is 541 g/mol. The maximum absolute atomic E-state index is 14.9. The van der Waals surface area contributed by atoms with E-state index in [1.165, 1.54) is 0 Å². The molecule has 2 aromatic heterocycles. The van der Waals surface area contributed by atoms with Gasteiger partial charge in [-0.1, -0.05) is 0 Å². The molecule has 2 aromatic rings. The van der Waals surface area contributed by atoms with Crippen LogP contribution < -0.4 is 5.73 Å². The molecule has 1 aliphatic heterocycles. The zero-order valence-corrected chi connectivity index (χ0v) is 18.5. The summed E-state index contributed by atoms with van der Waals surface area (Å²) >= 11 is 0. The van der Waals surface area contributed by atoms with E-state index in [1.807, 2.05) is 0 Å². The highest BCUT2D eigenvalue weighted by atomic mass is 31.3. The maximum Gasteiger partial charge on any atom is 0.490 e. The number of aromatic nitrogens is 4. The third-order valence-corrected chi connectivity index (χ3v) is 8.03. The number of hydrogen-bond donors (Lipinski definition) is 6. The summed E-state index contributed by atoms with van der Waals surface area (Å²) in [6.45, 7) is -3.11. The van der Waals surface area contributed by atoms with Crippen molar-refractivity contribution >= 4 is 40.4 Å². The van der Waals surface area contributed by atoms with E-state index in [1.54, 1.807) is 0 Å². The smallest absolute Gasteiger partial charge is 0.387 e. The van der Waals surface area contributed by atoms with Crippen molar-refractivity contribution in [3.63, 3.8) is 0 Å². The lowest BCUT2D eigenvalue weighted by Crippen LogP contribution is -2.48. The van der Waals surface area contributed by atoms with Crippen LogP contribution in [0, 0.1) is 0 Å². The molecule has 186 valence electrons. The summed E-state index contributed by atoms with van der Waals surface area (Å²) in [5.74, 6) is -0.0721. The molecule has 3 heterocycles. The minimum atomic E-state index is -5.85. The zero-order chi connectivity index (χ0) is 24.8. The van der Waals surface area contributed by atoms with Crippen molar-refractivity contribution < 1.29 is 65.0 Å². The summed E-state index contributed by atoms with van der Waals surface area (Å²) in [5.41, 5.74) is 2.98. The van der Waals surface area contributed by atoms with Crippen LogP contribution in [0.5, 0.6) is 0 Å². The van der Waals surface area contributed by atoms with Crippen LogP contribution in [-0.4, -0.2) is 75.4 Å². The van der Waals surface area contributed by atoms with Gasteiger partial charge in [0.1, 0.15) is 24.6 Å². The second-order valence-electron chi connectivity index (χ2n) is 6.54. The van der Waals surface area contributed by atoms with Crippen LogP contribution in [0.3, 0.4) is 0 Å². The zero-order valence-electron chi connectivity index (χ0n) is 15.9. The number of halogens is 2. The van der Waals surface area contributed by atoms with E-state index in [4.69, 9.17) is 25.2 Å². The lowest BCUT2D eigenvalue weighted by Gasteiger charge is -2.29. The number of hydrogen-bond acceptors (Lipinski definition) is 12. The first-order chi connectivity index (χ1) is 15.1. The van der Waals surface area contributed by atoms with Gasteiger partial charge in [-0.2, -0.15) is 8.62 Å². The summed E-state index contributed by atoms with van der Waals surface area (Å²) in [4.78, 5) is 47.1. The second-order valence-corrected chi connectivity index (χ2v) is 11.0. The second kappa shape index (κ2) is 8.96. The van der Waals surface area contributed by atoms with Gasteiger partial charge in [-0.25, -0.2) is 37.4 Å². The van der Waals surface area contributed by atoms with Gasteiger partial charge in [0.15, 0.2) is 29.5 Å². The van der Waals surface area contributed by atoms with Gasteiger partial charge in [0.05, 0.1) is 12.9 Å². The summed E-state index contributed by atoms with van der Waals surface area (Å²) in [6, 6.07) is 0. The molecule has 0 aromatic carbocycles. The Morgan fingerprint density at radius 1 is 1.15 bits per heavy atom. The topological polar surface area (TPSA) is 259 Å².